The second kappa shape index (κ2) is 7.37. The molecule has 0 bridgehead atoms. The molecule has 0 saturated carbocycles. The van der Waals surface area contributed by atoms with Crippen LogP contribution in [0.2, 0.25) is 0 Å². The molecular formula is C15H27N3. The molecule has 1 aromatic heterocycles. The van der Waals surface area contributed by atoms with Crippen LogP contribution in [0.25, 0.3) is 0 Å². The molecule has 0 saturated heterocycles. The third-order valence-electron chi connectivity index (χ3n) is 3.56. The molecule has 1 N–H and O–H groups in total. The highest BCUT2D eigenvalue weighted by Crippen LogP contribution is 2.16. The van der Waals surface area contributed by atoms with Gasteiger partial charge in [-0.25, -0.2) is 0 Å². The molecule has 1 rings (SSSR count). The number of hydrogen-bond donors (Lipinski definition) is 1. The maximum absolute atomic E-state index is 4.49. The molecule has 0 radical (unpaired) electrons. The van der Waals surface area contributed by atoms with E-state index in [4.69, 9.17) is 0 Å². The maximum Gasteiger partial charge on any atom is 0.0628 e. The molecule has 0 aliphatic heterocycles. The summed E-state index contributed by atoms with van der Waals surface area (Å²) in [5.41, 5.74) is 3.86. The summed E-state index contributed by atoms with van der Waals surface area (Å²) in [7, 11) is 2.02. The van der Waals surface area contributed by atoms with Gasteiger partial charge in [0.05, 0.1) is 5.69 Å². The van der Waals surface area contributed by atoms with Crippen LogP contribution in [0.3, 0.4) is 0 Å². The fourth-order valence-electron chi connectivity index (χ4n) is 2.43. The van der Waals surface area contributed by atoms with Crippen molar-refractivity contribution in [3.8, 4) is 0 Å². The fraction of sp³-hybridized carbons (Fsp3) is 0.667. The lowest BCUT2D eigenvalue weighted by atomic mass is 9.99. The van der Waals surface area contributed by atoms with E-state index in [9.17, 15) is 0 Å². The Morgan fingerprint density at radius 2 is 2.17 bits per heavy atom. The number of aryl methyl sites for hydroxylation is 2. The molecule has 1 unspecified atom stereocenters. The van der Waals surface area contributed by atoms with E-state index < -0.39 is 0 Å². The first-order valence-corrected chi connectivity index (χ1v) is 6.93. The molecule has 18 heavy (non-hydrogen) atoms. The van der Waals surface area contributed by atoms with Crippen molar-refractivity contribution in [3.05, 3.63) is 29.6 Å². The normalized spacial score (nSPS) is 12.7. The summed E-state index contributed by atoms with van der Waals surface area (Å²) < 4.78 is 1.98. The van der Waals surface area contributed by atoms with E-state index in [1.807, 2.05) is 17.8 Å². The van der Waals surface area contributed by atoms with Gasteiger partial charge in [-0.2, -0.15) is 5.10 Å². The molecule has 0 amide bonds. The van der Waals surface area contributed by atoms with Gasteiger partial charge in [0.15, 0.2) is 0 Å². The molecule has 0 aliphatic rings. The average Bonchev–Trinajstić information content (AvgIpc) is 2.56. The van der Waals surface area contributed by atoms with Crippen molar-refractivity contribution in [3.63, 3.8) is 0 Å². The smallest absolute Gasteiger partial charge is 0.0628 e. The largest absolute Gasteiger partial charge is 0.314 e. The van der Waals surface area contributed by atoms with Crippen LogP contribution < -0.4 is 5.32 Å². The first-order chi connectivity index (χ1) is 8.60. The van der Waals surface area contributed by atoms with E-state index >= 15 is 0 Å². The van der Waals surface area contributed by atoms with Gasteiger partial charge < -0.3 is 5.32 Å². The molecule has 1 atom stereocenters. The minimum atomic E-state index is 0.552. The molecule has 1 heterocycles. The van der Waals surface area contributed by atoms with Gasteiger partial charge in [-0.3, -0.25) is 4.68 Å². The van der Waals surface area contributed by atoms with E-state index in [0.717, 1.165) is 19.4 Å². The first kappa shape index (κ1) is 15.0. The minimum Gasteiger partial charge on any atom is -0.314 e. The Hall–Kier alpha value is -1.09. The lowest BCUT2D eigenvalue weighted by Crippen LogP contribution is -2.31. The maximum atomic E-state index is 4.49. The molecule has 3 heteroatoms. The Morgan fingerprint density at radius 3 is 2.67 bits per heavy atom. The highest BCUT2D eigenvalue weighted by atomic mass is 15.3. The zero-order valence-electron chi connectivity index (χ0n) is 12.3. The monoisotopic (exact) mass is 249 g/mol. The summed E-state index contributed by atoms with van der Waals surface area (Å²) in [4.78, 5) is 0. The van der Waals surface area contributed by atoms with Gasteiger partial charge in [0, 0.05) is 18.8 Å². The number of allylic oxidation sites excluding steroid dienone is 1. The second-order valence-electron chi connectivity index (χ2n) is 4.95. The molecule has 3 nitrogen and oxygen atoms in total. The summed E-state index contributed by atoms with van der Waals surface area (Å²) in [6.07, 6.45) is 6.60. The number of nitrogens with one attached hydrogen (secondary N) is 1. The van der Waals surface area contributed by atoms with Crippen LogP contribution in [0, 0.1) is 13.8 Å². The number of aromatic nitrogens is 2. The molecule has 0 aromatic carbocycles. The summed E-state index contributed by atoms with van der Waals surface area (Å²) in [6, 6.07) is 0.552. The van der Waals surface area contributed by atoms with E-state index in [0.29, 0.717) is 6.04 Å². The summed E-state index contributed by atoms with van der Waals surface area (Å²) in [6.45, 7) is 11.2. The quantitative estimate of drug-likeness (QED) is 0.567. The van der Waals surface area contributed by atoms with Crippen molar-refractivity contribution in [1.29, 1.82) is 0 Å². The van der Waals surface area contributed by atoms with E-state index in [2.05, 4.69) is 37.8 Å². The Labute approximate surface area is 111 Å². The van der Waals surface area contributed by atoms with Crippen molar-refractivity contribution in [1.82, 2.24) is 15.1 Å². The van der Waals surface area contributed by atoms with E-state index in [-0.39, 0.29) is 0 Å². The first-order valence-electron chi connectivity index (χ1n) is 6.93. The fourth-order valence-corrected chi connectivity index (χ4v) is 2.43. The Kier molecular flexibility index (Phi) is 6.13. The molecule has 0 fully saturated rings. The SMILES string of the molecule is C=CCCCC(Cc1c(C)nn(C)c1C)NCC. The van der Waals surface area contributed by atoms with Crippen LogP contribution in [0.1, 0.15) is 43.1 Å². The Morgan fingerprint density at radius 1 is 1.44 bits per heavy atom. The number of nitrogens with zero attached hydrogens (tertiary/aromatic N) is 2. The van der Waals surface area contributed by atoms with Crippen LogP contribution in [0.15, 0.2) is 12.7 Å². The van der Waals surface area contributed by atoms with Gasteiger partial charge in [-0.15, -0.1) is 6.58 Å². The van der Waals surface area contributed by atoms with Gasteiger partial charge in [0.25, 0.3) is 0 Å². The lowest BCUT2D eigenvalue weighted by molar-refractivity contribution is 0.476. The van der Waals surface area contributed by atoms with Gasteiger partial charge in [0.1, 0.15) is 0 Å². The average molecular weight is 249 g/mol. The van der Waals surface area contributed by atoms with Gasteiger partial charge in [-0.05, 0) is 51.6 Å². The van der Waals surface area contributed by atoms with Crippen LogP contribution in [-0.2, 0) is 13.5 Å². The van der Waals surface area contributed by atoms with Crippen molar-refractivity contribution in [2.75, 3.05) is 6.54 Å². The van der Waals surface area contributed by atoms with Gasteiger partial charge in [0.2, 0.25) is 0 Å². The predicted molar refractivity (Wildman–Crippen MR) is 77.9 cm³/mol. The highest BCUT2D eigenvalue weighted by molar-refractivity contribution is 5.25. The number of hydrogen-bond acceptors (Lipinski definition) is 2. The second-order valence-corrected chi connectivity index (χ2v) is 4.95. The lowest BCUT2D eigenvalue weighted by Gasteiger charge is -2.18. The molecular weight excluding hydrogens is 222 g/mol. The molecule has 102 valence electrons. The zero-order chi connectivity index (χ0) is 13.5. The van der Waals surface area contributed by atoms with Gasteiger partial charge >= 0.3 is 0 Å². The van der Waals surface area contributed by atoms with Crippen molar-refractivity contribution >= 4 is 0 Å². The standard InChI is InChI=1S/C15H27N3/c1-6-8-9-10-14(16-7-2)11-15-12(3)17-18(5)13(15)4/h6,14,16H,1,7-11H2,2-5H3. The number of rotatable bonds is 8. The predicted octanol–water partition coefficient (Wildman–Crippen LogP) is 2.91. The Bertz CT molecular complexity index is 379. The van der Waals surface area contributed by atoms with Crippen LogP contribution in [0.4, 0.5) is 0 Å². The summed E-state index contributed by atoms with van der Waals surface area (Å²) in [5.74, 6) is 0. The third-order valence-corrected chi connectivity index (χ3v) is 3.56. The number of unbranched alkanes of at least 4 members (excludes halogenated alkanes) is 1. The molecule has 0 spiro atoms. The van der Waals surface area contributed by atoms with Crippen molar-refractivity contribution in [2.45, 2.75) is 52.5 Å². The summed E-state index contributed by atoms with van der Waals surface area (Å²) in [5, 5.41) is 8.08. The third kappa shape index (κ3) is 3.98. The summed E-state index contributed by atoms with van der Waals surface area (Å²) >= 11 is 0. The zero-order valence-corrected chi connectivity index (χ0v) is 12.3. The highest BCUT2D eigenvalue weighted by Gasteiger charge is 2.14. The van der Waals surface area contributed by atoms with Gasteiger partial charge in [-0.1, -0.05) is 13.0 Å². The van der Waals surface area contributed by atoms with Crippen LogP contribution in [0.5, 0.6) is 0 Å². The topological polar surface area (TPSA) is 29.9 Å². The van der Waals surface area contributed by atoms with Crippen molar-refractivity contribution in [2.24, 2.45) is 7.05 Å². The van der Waals surface area contributed by atoms with E-state index in [1.165, 1.54) is 29.8 Å². The minimum absolute atomic E-state index is 0.552. The van der Waals surface area contributed by atoms with E-state index in [1.54, 1.807) is 0 Å². The Balaban J connectivity index is 2.66. The molecule has 1 aromatic rings. The molecule has 0 aliphatic carbocycles. The van der Waals surface area contributed by atoms with Crippen LogP contribution >= 0.6 is 0 Å². The number of likely N-dealkylation sites (N-methyl/N-ethyl adjacent to an activating group) is 1. The van der Waals surface area contributed by atoms with Crippen LogP contribution in [-0.4, -0.2) is 22.4 Å². The van der Waals surface area contributed by atoms with Crippen molar-refractivity contribution < 1.29 is 0 Å².